The van der Waals surface area contributed by atoms with E-state index in [1.807, 2.05) is 6.07 Å². The molecule has 1 aliphatic rings. The molecule has 0 aliphatic carbocycles. The molecule has 2 unspecified atom stereocenters. The molecule has 1 heterocycles. The lowest BCUT2D eigenvalue weighted by Crippen LogP contribution is -2.27. The van der Waals surface area contributed by atoms with Crippen LogP contribution in [-0.4, -0.2) is 17.7 Å². The fraction of sp³-hybridized carbons (Fsp3) is 0.571. The molecule has 1 saturated heterocycles. The summed E-state index contributed by atoms with van der Waals surface area (Å²) in [5, 5.41) is 9.10. The van der Waals surface area contributed by atoms with Gasteiger partial charge in [0.05, 0.1) is 6.61 Å². The van der Waals surface area contributed by atoms with Gasteiger partial charge in [-0.2, -0.15) is 0 Å². The standard InChI is InChI=1S/C14H21NO/c1-10-6-12(3)15(8-10)14-5-4-13(9-16)7-11(14)2/h4-5,7,10,12,16H,6,8-9H2,1-3H3. The number of hydrogen-bond acceptors (Lipinski definition) is 2. The summed E-state index contributed by atoms with van der Waals surface area (Å²) in [6, 6.07) is 6.90. The Hall–Kier alpha value is -1.02. The largest absolute Gasteiger partial charge is 0.392 e. The number of anilines is 1. The lowest BCUT2D eigenvalue weighted by atomic mass is 10.1. The van der Waals surface area contributed by atoms with Crippen LogP contribution in [0.4, 0.5) is 5.69 Å². The second-order valence-corrected chi connectivity index (χ2v) is 5.12. The van der Waals surface area contributed by atoms with Crippen LogP contribution in [0.3, 0.4) is 0 Å². The van der Waals surface area contributed by atoms with Crippen LogP contribution in [0.5, 0.6) is 0 Å². The second-order valence-electron chi connectivity index (χ2n) is 5.12. The molecule has 88 valence electrons. The number of aliphatic hydroxyl groups is 1. The molecular weight excluding hydrogens is 198 g/mol. The fourth-order valence-corrected chi connectivity index (χ4v) is 2.77. The number of benzene rings is 1. The molecule has 0 spiro atoms. The molecule has 2 heteroatoms. The third-order valence-electron chi connectivity index (χ3n) is 3.54. The van der Waals surface area contributed by atoms with Crippen molar-refractivity contribution in [1.82, 2.24) is 0 Å². The van der Waals surface area contributed by atoms with Crippen molar-refractivity contribution in [2.45, 2.75) is 39.8 Å². The first-order valence-electron chi connectivity index (χ1n) is 6.09. The van der Waals surface area contributed by atoms with Crippen LogP contribution in [-0.2, 0) is 6.61 Å². The molecule has 0 aromatic heterocycles. The van der Waals surface area contributed by atoms with Crippen molar-refractivity contribution >= 4 is 5.69 Å². The maximum atomic E-state index is 9.10. The lowest BCUT2D eigenvalue weighted by Gasteiger charge is -2.26. The summed E-state index contributed by atoms with van der Waals surface area (Å²) in [6.07, 6.45) is 1.28. The van der Waals surface area contributed by atoms with E-state index < -0.39 is 0 Å². The van der Waals surface area contributed by atoms with Gasteiger partial charge in [0.2, 0.25) is 0 Å². The summed E-state index contributed by atoms with van der Waals surface area (Å²) in [5.74, 6) is 0.784. The Morgan fingerprint density at radius 2 is 2.12 bits per heavy atom. The monoisotopic (exact) mass is 219 g/mol. The Balaban J connectivity index is 2.27. The summed E-state index contributed by atoms with van der Waals surface area (Å²) in [6.45, 7) is 8.02. The molecule has 1 fully saturated rings. The van der Waals surface area contributed by atoms with Gasteiger partial charge in [0, 0.05) is 18.3 Å². The van der Waals surface area contributed by atoms with Crippen LogP contribution in [0.2, 0.25) is 0 Å². The molecule has 1 aromatic rings. The Bertz CT molecular complexity index is 375. The first-order valence-corrected chi connectivity index (χ1v) is 6.09. The van der Waals surface area contributed by atoms with Crippen LogP contribution >= 0.6 is 0 Å². The number of rotatable bonds is 2. The second kappa shape index (κ2) is 4.46. The highest BCUT2D eigenvalue weighted by Gasteiger charge is 2.26. The van der Waals surface area contributed by atoms with Gasteiger partial charge in [-0.3, -0.25) is 0 Å². The van der Waals surface area contributed by atoms with E-state index in [2.05, 4.69) is 37.8 Å². The van der Waals surface area contributed by atoms with E-state index in [4.69, 9.17) is 5.11 Å². The van der Waals surface area contributed by atoms with Gasteiger partial charge < -0.3 is 10.0 Å². The van der Waals surface area contributed by atoms with Crippen LogP contribution in [0.25, 0.3) is 0 Å². The van der Waals surface area contributed by atoms with Gasteiger partial charge in [-0.15, -0.1) is 0 Å². The minimum atomic E-state index is 0.132. The van der Waals surface area contributed by atoms with Gasteiger partial charge >= 0.3 is 0 Å². The van der Waals surface area contributed by atoms with E-state index >= 15 is 0 Å². The Morgan fingerprint density at radius 3 is 2.62 bits per heavy atom. The fourth-order valence-electron chi connectivity index (χ4n) is 2.77. The van der Waals surface area contributed by atoms with Crippen molar-refractivity contribution < 1.29 is 5.11 Å². The average molecular weight is 219 g/mol. The molecule has 2 rings (SSSR count). The van der Waals surface area contributed by atoms with Crippen molar-refractivity contribution in [3.63, 3.8) is 0 Å². The van der Waals surface area contributed by atoms with Crippen LogP contribution in [0.15, 0.2) is 18.2 Å². The van der Waals surface area contributed by atoms with Crippen molar-refractivity contribution in [2.75, 3.05) is 11.4 Å². The third-order valence-corrected chi connectivity index (χ3v) is 3.54. The molecule has 0 saturated carbocycles. The zero-order valence-corrected chi connectivity index (χ0v) is 10.4. The SMILES string of the molecule is Cc1cc(CO)ccc1N1CC(C)CC1C. The number of aliphatic hydroxyl groups excluding tert-OH is 1. The van der Waals surface area contributed by atoms with Gasteiger partial charge in [0.25, 0.3) is 0 Å². The van der Waals surface area contributed by atoms with E-state index in [-0.39, 0.29) is 6.61 Å². The summed E-state index contributed by atoms with van der Waals surface area (Å²) in [7, 11) is 0. The maximum absolute atomic E-state index is 9.10. The molecule has 1 N–H and O–H groups in total. The summed E-state index contributed by atoms with van der Waals surface area (Å²) >= 11 is 0. The molecule has 16 heavy (non-hydrogen) atoms. The van der Waals surface area contributed by atoms with Crippen LogP contribution in [0.1, 0.15) is 31.4 Å². The van der Waals surface area contributed by atoms with Gasteiger partial charge in [0.15, 0.2) is 0 Å². The van der Waals surface area contributed by atoms with Crippen molar-refractivity contribution in [2.24, 2.45) is 5.92 Å². The average Bonchev–Trinajstić information content (AvgIpc) is 2.57. The molecule has 0 bridgehead atoms. The molecule has 0 radical (unpaired) electrons. The normalized spacial score (nSPS) is 25.1. The smallest absolute Gasteiger partial charge is 0.0681 e. The van der Waals surface area contributed by atoms with Gasteiger partial charge in [-0.05, 0) is 43.4 Å². The predicted molar refractivity (Wildman–Crippen MR) is 67.7 cm³/mol. The Kier molecular flexibility index (Phi) is 3.20. The number of hydrogen-bond donors (Lipinski definition) is 1. The highest BCUT2D eigenvalue weighted by Crippen LogP contribution is 2.31. The zero-order valence-electron chi connectivity index (χ0n) is 10.4. The molecule has 1 aliphatic heterocycles. The highest BCUT2D eigenvalue weighted by molar-refractivity contribution is 5.56. The summed E-state index contributed by atoms with van der Waals surface area (Å²) in [5.41, 5.74) is 3.60. The quantitative estimate of drug-likeness (QED) is 0.826. The minimum Gasteiger partial charge on any atom is -0.392 e. The van der Waals surface area contributed by atoms with Gasteiger partial charge in [0.1, 0.15) is 0 Å². The van der Waals surface area contributed by atoms with E-state index in [1.165, 1.54) is 17.7 Å². The first kappa shape index (κ1) is 11.5. The molecular formula is C14H21NO. The molecule has 2 nitrogen and oxygen atoms in total. The summed E-state index contributed by atoms with van der Waals surface area (Å²) in [4.78, 5) is 2.49. The van der Waals surface area contributed by atoms with Crippen molar-refractivity contribution in [3.8, 4) is 0 Å². The van der Waals surface area contributed by atoms with Crippen molar-refractivity contribution in [3.05, 3.63) is 29.3 Å². The number of nitrogens with zero attached hydrogens (tertiary/aromatic N) is 1. The Labute approximate surface area is 97.9 Å². The van der Waals surface area contributed by atoms with Gasteiger partial charge in [-0.25, -0.2) is 0 Å². The van der Waals surface area contributed by atoms with Crippen LogP contribution < -0.4 is 4.90 Å². The van der Waals surface area contributed by atoms with E-state index in [0.29, 0.717) is 6.04 Å². The third kappa shape index (κ3) is 2.07. The minimum absolute atomic E-state index is 0.132. The van der Waals surface area contributed by atoms with E-state index in [0.717, 1.165) is 18.0 Å². The molecule has 2 atom stereocenters. The van der Waals surface area contributed by atoms with E-state index in [1.54, 1.807) is 0 Å². The zero-order chi connectivity index (χ0) is 11.7. The first-order chi connectivity index (χ1) is 7.61. The topological polar surface area (TPSA) is 23.5 Å². The lowest BCUT2D eigenvalue weighted by molar-refractivity contribution is 0.282. The predicted octanol–water partition coefficient (Wildman–Crippen LogP) is 2.72. The van der Waals surface area contributed by atoms with Crippen molar-refractivity contribution in [1.29, 1.82) is 0 Å². The highest BCUT2D eigenvalue weighted by atomic mass is 16.3. The molecule has 1 aromatic carbocycles. The van der Waals surface area contributed by atoms with E-state index in [9.17, 15) is 0 Å². The maximum Gasteiger partial charge on any atom is 0.0681 e. The number of aryl methyl sites for hydroxylation is 1. The van der Waals surface area contributed by atoms with Gasteiger partial charge in [-0.1, -0.05) is 19.1 Å². The molecule has 0 amide bonds. The van der Waals surface area contributed by atoms with Crippen LogP contribution in [0, 0.1) is 12.8 Å². The summed E-state index contributed by atoms with van der Waals surface area (Å²) < 4.78 is 0. The Morgan fingerprint density at radius 1 is 1.38 bits per heavy atom.